The van der Waals surface area contributed by atoms with E-state index in [-0.39, 0.29) is 0 Å². The van der Waals surface area contributed by atoms with Crippen LogP contribution in [0.2, 0.25) is 0 Å². The first-order chi connectivity index (χ1) is 6.81. The first kappa shape index (κ1) is 10.4. The van der Waals surface area contributed by atoms with Crippen molar-refractivity contribution >= 4 is 0 Å². The molecule has 0 radical (unpaired) electrons. The maximum absolute atomic E-state index is 3.47. The second kappa shape index (κ2) is 4.63. The molecule has 2 heteroatoms. The van der Waals surface area contributed by atoms with Crippen molar-refractivity contribution in [1.29, 1.82) is 0 Å². The Morgan fingerprint density at radius 1 is 1.36 bits per heavy atom. The molecular formula is C12H24N2. The second-order valence-electron chi connectivity index (χ2n) is 5.03. The topological polar surface area (TPSA) is 15.3 Å². The lowest BCUT2D eigenvalue weighted by molar-refractivity contribution is 0.116. The highest BCUT2D eigenvalue weighted by Gasteiger charge is 2.31. The summed E-state index contributed by atoms with van der Waals surface area (Å²) in [6, 6.07) is 1.65. The fourth-order valence-electron chi connectivity index (χ4n) is 3.12. The number of hydrogen-bond donors (Lipinski definition) is 1. The number of hydrogen-bond acceptors (Lipinski definition) is 2. The van der Waals surface area contributed by atoms with Crippen LogP contribution in [0.25, 0.3) is 0 Å². The molecule has 2 rings (SSSR count). The molecule has 1 aliphatic heterocycles. The summed E-state index contributed by atoms with van der Waals surface area (Å²) in [6.07, 6.45) is 5.76. The van der Waals surface area contributed by atoms with Crippen molar-refractivity contribution in [1.82, 2.24) is 10.2 Å². The molecule has 0 aromatic heterocycles. The molecular weight excluding hydrogens is 172 g/mol. The molecule has 2 unspecified atom stereocenters. The van der Waals surface area contributed by atoms with Crippen LogP contribution < -0.4 is 5.32 Å². The summed E-state index contributed by atoms with van der Waals surface area (Å²) in [6.45, 7) is 8.35. The number of rotatable bonds is 2. The average Bonchev–Trinajstić information content (AvgIpc) is 2.67. The first-order valence-electron chi connectivity index (χ1n) is 6.27. The zero-order valence-corrected chi connectivity index (χ0v) is 9.63. The smallest absolute Gasteiger partial charge is 0.0195 e. The highest BCUT2D eigenvalue weighted by Crippen LogP contribution is 2.32. The third-order valence-electron chi connectivity index (χ3n) is 4.11. The van der Waals surface area contributed by atoms with Gasteiger partial charge in [0.1, 0.15) is 0 Å². The van der Waals surface area contributed by atoms with Gasteiger partial charge in [0.05, 0.1) is 0 Å². The van der Waals surface area contributed by atoms with Gasteiger partial charge in [-0.2, -0.15) is 0 Å². The standard InChI is InChI=1S/C12H24N2/c1-3-11-4-5-12(8-11)14-7-6-13-9-10(14)2/h10-13H,3-9H2,1-2H3/t10-,11?,12?/m0/s1. The Kier molecular flexibility index (Phi) is 3.45. The van der Waals surface area contributed by atoms with E-state index in [1.165, 1.54) is 45.3 Å². The van der Waals surface area contributed by atoms with E-state index in [1.807, 2.05) is 0 Å². The van der Waals surface area contributed by atoms with Crippen molar-refractivity contribution < 1.29 is 0 Å². The largest absolute Gasteiger partial charge is 0.314 e. The molecule has 14 heavy (non-hydrogen) atoms. The van der Waals surface area contributed by atoms with Gasteiger partial charge in [-0.15, -0.1) is 0 Å². The summed E-state index contributed by atoms with van der Waals surface area (Å²) in [7, 11) is 0. The predicted octanol–water partition coefficient (Wildman–Crippen LogP) is 1.86. The Morgan fingerprint density at radius 3 is 2.86 bits per heavy atom. The number of nitrogens with zero attached hydrogens (tertiary/aromatic N) is 1. The van der Waals surface area contributed by atoms with Crippen LogP contribution in [0.4, 0.5) is 0 Å². The van der Waals surface area contributed by atoms with E-state index in [0.29, 0.717) is 0 Å². The third-order valence-corrected chi connectivity index (χ3v) is 4.11. The minimum atomic E-state index is 0.754. The van der Waals surface area contributed by atoms with Gasteiger partial charge in [0.15, 0.2) is 0 Å². The van der Waals surface area contributed by atoms with E-state index in [0.717, 1.165) is 18.0 Å². The molecule has 1 aliphatic carbocycles. The molecule has 1 N–H and O–H groups in total. The van der Waals surface area contributed by atoms with Gasteiger partial charge in [-0.25, -0.2) is 0 Å². The van der Waals surface area contributed by atoms with Gasteiger partial charge in [0, 0.05) is 31.7 Å². The fourth-order valence-corrected chi connectivity index (χ4v) is 3.12. The first-order valence-corrected chi connectivity index (χ1v) is 6.27. The van der Waals surface area contributed by atoms with Crippen molar-refractivity contribution in [3.05, 3.63) is 0 Å². The van der Waals surface area contributed by atoms with Crippen molar-refractivity contribution in [2.75, 3.05) is 19.6 Å². The zero-order chi connectivity index (χ0) is 9.97. The molecule has 0 aromatic carbocycles. The Balaban J connectivity index is 1.88. The van der Waals surface area contributed by atoms with Crippen molar-refractivity contribution in [2.45, 2.75) is 51.6 Å². The average molecular weight is 196 g/mol. The summed E-state index contributed by atoms with van der Waals surface area (Å²) < 4.78 is 0. The van der Waals surface area contributed by atoms with Crippen LogP contribution in [0, 0.1) is 5.92 Å². The SMILES string of the molecule is CCC1CCC(N2CCNC[C@@H]2C)C1. The van der Waals surface area contributed by atoms with Gasteiger partial charge in [-0.05, 0) is 32.1 Å². The van der Waals surface area contributed by atoms with Crippen LogP contribution in [0.5, 0.6) is 0 Å². The van der Waals surface area contributed by atoms with E-state index < -0.39 is 0 Å². The van der Waals surface area contributed by atoms with Crippen LogP contribution in [-0.4, -0.2) is 36.6 Å². The van der Waals surface area contributed by atoms with Gasteiger partial charge in [-0.3, -0.25) is 4.90 Å². The highest BCUT2D eigenvalue weighted by molar-refractivity contribution is 4.87. The molecule has 2 nitrogen and oxygen atoms in total. The maximum Gasteiger partial charge on any atom is 0.0195 e. The van der Waals surface area contributed by atoms with E-state index in [1.54, 1.807) is 0 Å². The van der Waals surface area contributed by atoms with Crippen molar-refractivity contribution in [3.63, 3.8) is 0 Å². The molecule has 0 amide bonds. The molecule has 0 aromatic rings. The van der Waals surface area contributed by atoms with E-state index in [2.05, 4.69) is 24.1 Å². The van der Waals surface area contributed by atoms with Gasteiger partial charge >= 0.3 is 0 Å². The number of piperazine rings is 1. The summed E-state index contributed by atoms with van der Waals surface area (Å²) >= 11 is 0. The Hall–Kier alpha value is -0.0800. The van der Waals surface area contributed by atoms with E-state index in [4.69, 9.17) is 0 Å². The molecule has 1 saturated heterocycles. The normalized spacial score (nSPS) is 40.3. The van der Waals surface area contributed by atoms with Gasteiger partial charge in [0.25, 0.3) is 0 Å². The zero-order valence-electron chi connectivity index (χ0n) is 9.63. The molecule has 1 heterocycles. The summed E-state index contributed by atoms with van der Waals surface area (Å²) in [4.78, 5) is 2.74. The Labute approximate surface area is 88.1 Å². The van der Waals surface area contributed by atoms with Crippen LogP contribution in [-0.2, 0) is 0 Å². The molecule has 2 aliphatic rings. The molecule has 0 bridgehead atoms. The molecule has 3 atom stereocenters. The maximum atomic E-state index is 3.47. The van der Waals surface area contributed by atoms with Crippen LogP contribution in [0.1, 0.15) is 39.5 Å². The van der Waals surface area contributed by atoms with Crippen molar-refractivity contribution in [3.8, 4) is 0 Å². The Bertz CT molecular complexity index is 181. The molecule has 1 saturated carbocycles. The molecule has 0 spiro atoms. The number of nitrogens with one attached hydrogen (secondary N) is 1. The predicted molar refractivity (Wildman–Crippen MR) is 60.5 cm³/mol. The minimum absolute atomic E-state index is 0.754. The van der Waals surface area contributed by atoms with Crippen molar-refractivity contribution in [2.24, 2.45) is 5.92 Å². The Morgan fingerprint density at radius 2 is 2.21 bits per heavy atom. The minimum Gasteiger partial charge on any atom is -0.314 e. The highest BCUT2D eigenvalue weighted by atomic mass is 15.2. The molecule has 82 valence electrons. The lowest BCUT2D eigenvalue weighted by atomic mass is 10.0. The monoisotopic (exact) mass is 196 g/mol. The quantitative estimate of drug-likeness (QED) is 0.725. The molecule has 2 fully saturated rings. The van der Waals surface area contributed by atoms with E-state index >= 15 is 0 Å². The third kappa shape index (κ3) is 2.12. The van der Waals surface area contributed by atoms with E-state index in [9.17, 15) is 0 Å². The second-order valence-corrected chi connectivity index (χ2v) is 5.03. The van der Waals surface area contributed by atoms with Gasteiger partial charge < -0.3 is 5.32 Å². The summed E-state index contributed by atoms with van der Waals surface area (Å²) in [5.74, 6) is 1.02. The van der Waals surface area contributed by atoms with Gasteiger partial charge in [-0.1, -0.05) is 13.3 Å². The van der Waals surface area contributed by atoms with Crippen LogP contribution >= 0.6 is 0 Å². The summed E-state index contributed by atoms with van der Waals surface area (Å²) in [5.41, 5.74) is 0. The lowest BCUT2D eigenvalue weighted by Crippen LogP contribution is -2.53. The summed E-state index contributed by atoms with van der Waals surface area (Å²) in [5, 5.41) is 3.47. The van der Waals surface area contributed by atoms with Gasteiger partial charge in [0.2, 0.25) is 0 Å². The van der Waals surface area contributed by atoms with Crippen LogP contribution in [0.15, 0.2) is 0 Å². The lowest BCUT2D eigenvalue weighted by Gasteiger charge is -2.38. The fraction of sp³-hybridized carbons (Fsp3) is 1.00. The van der Waals surface area contributed by atoms with Crippen LogP contribution in [0.3, 0.4) is 0 Å².